The first kappa shape index (κ1) is 59.2. The van der Waals surface area contributed by atoms with Crippen LogP contribution in [-0.2, 0) is 14.3 Å². The molecule has 6 N–H and O–H groups in total. The first-order valence-corrected chi connectivity index (χ1v) is 26.4. The van der Waals surface area contributed by atoms with Gasteiger partial charge in [-0.25, -0.2) is 0 Å². The van der Waals surface area contributed by atoms with Gasteiger partial charge in [0.05, 0.1) is 25.4 Å². The topological polar surface area (TPSA) is 149 Å². The summed E-state index contributed by atoms with van der Waals surface area (Å²) in [5.74, 6) is -0.193. The Balaban J connectivity index is 2.27. The third-order valence-corrected chi connectivity index (χ3v) is 12.4. The molecule has 7 unspecified atom stereocenters. The second-order valence-electron chi connectivity index (χ2n) is 18.3. The highest BCUT2D eigenvalue weighted by molar-refractivity contribution is 5.76. The van der Waals surface area contributed by atoms with E-state index >= 15 is 0 Å². The van der Waals surface area contributed by atoms with Crippen LogP contribution in [0.4, 0.5) is 0 Å². The molecular weight excluding hydrogens is 791 g/mol. The standard InChI is InChI=1S/C54H99NO8/c1-3-5-7-9-11-13-15-17-19-20-21-22-23-24-25-26-27-28-30-32-34-36-38-40-42-44-50(58)55-47(46-62-54-53(61)52(60)51(59)49(45-56)63-54)48(57)43-41-39-37-35-33-31-29-18-16-14-12-10-8-6-4-2/h16,18,24-25,33,35,41,43,47-49,51-54,56-57,59-61H,3-15,17,19-23,26-32,34,36-40,42,44-46H2,1-2H3,(H,55,58)/b18-16+,25-24-,35-33+,43-41+. The van der Waals surface area contributed by atoms with Crippen molar-refractivity contribution >= 4 is 5.91 Å². The van der Waals surface area contributed by atoms with Gasteiger partial charge in [0.25, 0.3) is 0 Å². The maximum absolute atomic E-state index is 13.0. The number of hydrogen-bond donors (Lipinski definition) is 6. The number of rotatable bonds is 44. The minimum Gasteiger partial charge on any atom is -0.394 e. The van der Waals surface area contributed by atoms with Crippen LogP contribution in [0.3, 0.4) is 0 Å². The number of carbonyl (C=O) groups is 1. The van der Waals surface area contributed by atoms with Gasteiger partial charge in [0.2, 0.25) is 5.91 Å². The van der Waals surface area contributed by atoms with Gasteiger partial charge in [-0.2, -0.15) is 0 Å². The van der Waals surface area contributed by atoms with Gasteiger partial charge in [-0.05, 0) is 70.6 Å². The lowest BCUT2D eigenvalue weighted by molar-refractivity contribution is -0.302. The zero-order valence-electron chi connectivity index (χ0n) is 40.6. The molecule has 0 saturated carbocycles. The van der Waals surface area contributed by atoms with E-state index in [0.717, 1.165) is 51.4 Å². The van der Waals surface area contributed by atoms with Crippen molar-refractivity contribution in [1.29, 1.82) is 0 Å². The minimum atomic E-state index is -1.57. The second-order valence-corrected chi connectivity index (χ2v) is 18.3. The van der Waals surface area contributed by atoms with Gasteiger partial charge in [0, 0.05) is 6.42 Å². The lowest BCUT2D eigenvalue weighted by Crippen LogP contribution is -2.60. The molecule has 1 saturated heterocycles. The summed E-state index contributed by atoms with van der Waals surface area (Å²) >= 11 is 0. The van der Waals surface area contributed by atoms with Crippen molar-refractivity contribution in [3.05, 3.63) is 48.6 Å². The normalized spacial score (nSPS) is 20.5. The zero-order chi connectivity index (χ0) is 45.9. The maximum Gasteiger partial charge on any atom is 0.220 e. The number of aliphatic hydroxyl groups excluding tert-OH is 5. The van der Waals surface area contributed by atoms with Crippen molar-refractivity contribution in [3.8, 4) is 0 Å². The fourth-order valence-corrected chi connectivity index (χ4v) is 8.12. The number of ether oxygens (including phenoxy) is 2. The lowest BCUT2D eigenvalue weighted by atomic mass is 9.99. The predicted octanol–water partition coefficient (Wildman–Crippen LogP) is 12.2. The van der Waals surface area contributed by atoms with Crippen LogP contribution in [0.2, 0.25) is 0 Å². The molecule has 368 valence electrons. The van der Waals surface area contributed by atoms with E-state index in [9.17, 15) is 30.3 Å². The quantitative estimate of drug-likeness (QED) is 0.0262. The SMILES string of the molecule is CCCCCCC/C=C/CC/C=C/CC/C=C/C(O)C(COC1OC(CO)C(O)C(O)C1O)NC(=O)CCCCCCCCCCC/C=C\CCCCCCCCCCCCCC. The van der Waals surface area contributed by atoms with Crippen LogP contribution in [-0.4, -0.2) is 87.5 Å². The average Bonchev–Trinajstić information content (AvgIpc) is 3.28. The molecule has 0 aromatic rings. The number of amides is 1. The Hall–Kier alpha value is -1.85. The summed E-state index contributed by atoms with van der Waals surface area (Å²) in [6.07, 6.45) is 50.3. The van der Waals surface area contributed by atoms with Crippen LogP contribution in [0.5, 0.6) is 0 Å². The number of hydrogen-bond acceptors (Lipinski definition) is 8. The number of carbonyl (C=O) groups excluding carboxylic acids is 1. The number of unbranched alkanes of at least 4 members (excludes halogenated alkanes) is 28. The predicted molar refractivity (Wildman–Crippen MR) is 263 cm³/mol. The molecule has 0 aromatic carbocycles. The summed E-state index contributed by atoms with van der Waals surface area (Å²) in [6, 6.07) is -0.829. The fraction of sp³-hybridized carbons (Fsp3) is 0.833. The van der Waals surface area contributed by atoms with Crippen molar-refractivity contribution in [2.75, 3.05) is 13.2 Å². The van der Waals surface area contributed by atoms with Crippen LogP contribution in [0.15, 0.2) is 48.6 Å². The van der Waals surface area contributed by atoms with Gasteiger partial charge in [-0.15, -0.1) is 0 Å². The summed E-state index contributed by atoms with van der Waals surface area (Å²) in [5.41, 5.74) is 0. The maximum atomic E-state index is 13.0. The minimum absolute atomic E-state index is 0.193. The van der Waals surface area contributed by atoms with Gasteiger partial charge in [0.15, 0.2) is 6.29 Å². The summed E-state index contributed by atoms with van der Waals surface area (Å²) < 4.78 is 11.2. The molecule has 0 radical (unpaired) electrons. The summed E-state index contributed by atoms with van der Waals surface area (Å²) in [4.78, 5) is 13.0. The molecule has 0 aromatic heterocycles. The highest BCUT2D eigenvalue weighted by Crippen LogP contribution is 2.23. The summed E-state index contributed by atoms with van der Waals surface area (Å²) in [7, 11) is 0. The Morgan fingerprint density at radius 2 is 0.905 bits per heavy atom. The van der Waals surface area contributed by atoms with Gasteiger partial charge in [-0.1, -0.05) is 204 Å². The Morgan fingerprint density at radius 1 is 0.524 bits per heavy atom. The van der Waals surface area contributed by atoms with Crippen molar-refractivity contribution in [3.63, 3.8) is 0 Å². The Kier molecular flexibility index (Phi) is 41.3. The van der Waals surface area contributed by atoms with Crippen molar-refractivity contribution < 1.29 is 39.8 Å². The highest BCUT2D eigenvalue weighted by Gasteiger charge is 2.44. The van der Waals surface area contributed by atoms with Crippen molar-refractivity contribution in [2.45, 2.75) is 275 Å². The van der Waals surface area contributed by atoms with E-state index in [1.54, 1.807) is 6.08 Å². The summed E-state index contributed by atoms with van der Waals surface area (Å²) in [5, 5.41) is 54.3. The first-order valence-electron chi connectivity index (χ1n) is 26.4. The molecule has 0 spiro atoms. The molecule has 7 atom stereocenters. The molecule has 1 aliphatic heterocycles. The van der Waals surface area contributed by atoms with E-state index in [1.165, 1.54) is 161 Å². The van der Waals surface area contributed by atoms with Gasteiger partial charge in [0.1, 0.15) is 24.4 Å². The van der Waals surface area contributed by atoms with Crippen LogP contribution < -0.4 is 5.32 Å². The van der Waals surface area contributed by atoms with E-state index in [1.807, 2.05) is 6.08 Å². The molecular formula is C54H99NO8. The van der Waals surface area contributed by atoms with Crippen molar-refractivity contribution in [1.82, 2.24) is 5.32 Å². The van der Waals surface area contributed by atoms with E-state index in [2.05, 4.69) is 55.6 Å². The molecule has 1 aliphatic rings. The van der Waals surface area contributed by atoms with Crippen LogP contribution >= 0.6 is 0 Å². The molecule has 1 amide bonds. The number of nitrogens with one attached hydrogen (secondary N) is 1. The fourth-order valence-electron chi connectivity index (χ4n) is 8.12. The molecule has 1 heterocycles. The van der Waals surface area contributed by atoms with E-state index < -0.39 is 49.5 Å². The highest BCUT2D eigenvalue weighted by atomic mass is 16.7. The average molecular weight is 890 g/mol. The molecule has 9 nitrogen and oxygen atoms in total. The van der Waals surface area contributed by atoms with Crippen LogP contribution in [0.1, 0.15) is 232 Å². The van der Waals surface area contributed by atoms with E-state index in [0.29, 0.717) is 6.42 Å². The molecule has 63 heavy (non-hydrogen) atoms. The second kappa shape index (κ2) is 44.0. The third kappa shape index (κ3) is 34.2. The third-order valence-electron chi connectivity index (χ3n) is 12.4. The molecule has 0 aliphatic carbocycles. The van der Waals surface area contributed by atoms with E-state index in [4.69, 9.17) is 9.47 Å². The lowest BCUT2D eigenvalue weighted by Gasteiger charge is -2.40. The Bertz CT molecular complexity index is 1130. The van der Waals surface area contributed by atoms with Crippen LogP contribution in [0.25, 0.3) is 0 Å². The number of aliphatic hydroxyl groups is 5. The molecule has 0 bridgehead atoms. The monoisotopic (exact) mass is 890 g/mol. The van der Waals surface area contributed by atoms with Gasteiger partial charge in [-0.3, -0.25) is 4.79 Å². The number of allylic oxidation sites excluding steroid dienone is 7. The summed E-state index contributed by atoms with van der Waals surface area (Å²) in [6.45, 7) is 3.75. The van der Waals surface area contributed by atoms with Gasteiger partial charge < -0.3 is 40.3 Å². The molecule has 1 rings (SSSR count). The Morgan fingerprint density at radius 3 is 1.33 bits per heavy atom. The van der Waals surface area contributed by atoms with Crippen LogP contribution in [0, 0.1) is 0 Å². The van der Waals surface area contributed by atoms with E-state index in [-0.39, 0.29) is 12.5 Å². The largest absolute Gasteiger partial charge is 0.394 e. The van der Waals surface area contributed by atoms with Crippen molar-refractivity contribution in [2.24, 2.45) is 0 Å². The Labute approximate surface area is 386 Å². The molecule has 9 heteroatoms. The first-order chi connectivity index (χ1) is 30.8. The van der Waals surface area contributed by atoms with Gasteiger partial charge >= 0.3 is 0 Å². The smallest absolute Gasteiger partial charge is 0.220 e. The molecule has 1 fully saturated rings. The zero-order valence-corrected chi connectivity index (χ0v) is 40.6.